The first-order chi connectivity index (χ1) is 4.33. The molecule has 0 N–H and O–H groups in total. The van der Waals surface area contributed by atoms with Crippen LogP contribution in [0.4, 0.5) is 0 Å². The van der Waals surface area contributed by atoms with E-state index >= 15 is 0 Å². The Labute approximate surface area is 71.8 Å². The molecule has 0 spiro atoms. The maximum absolute atomic E-state index is 5.57. The Morgan fingerprint density at radius 2 is 2.30 bits per heavy atom. The largest absolute Gasteiger partial charge is 0.262 e. The van der Waals surface area contributed by atoms with E-state index in [1.165, 1.54) is 0 Å². The van der Waals surface area contributed by atoms with Gasteiger partial charge in [-0.1, -0.05) is 0 Å². The van der Waals surface area contributed by atoms with Gasteiger partial charge in [0, 0.05) is 17.8 Å². The lowest BCUT2D eigenvalue weighted by Gasteiger charge is -1.93. The summed E-state index contributed by atoms with van der Waals surface area (Å²) in [5.41, 5.74) is 2.15. The molecule has 0 aliphatic rings. The van der Waals surface area contributed by atoms with Crippen molar-refractivity contribution in [3.05, 3.63) is 29.6 Å². The zero-order valence-corrected chi connectivity index (χ0v) is 7.25. The minimum absolute atomic E-state index is 0. The van der Waals surface area contributed by atoms with Gasteiger partial charge in [0.25, 0.3) is 0 Å². The minimum Gasteiger partial charge on any atom is -0.262 e. The van der Waals surface area contributed by atoms with Crippen molar-refractivity contribution < 1.29 is 0 Å². The first kappa shape index (κ1) is 9.73. The van der Waals surface area contributed by atoms with Crippen LogP contribution in [0.5, 0.6) is 0 Å². The fourth-order valence-corrected chi connectivity index (χ4v) is 0.854. The number of aryl methyl sites for hydroxylation is 1. The number of pyridine rings is 1. The molecule has 10 heavy (non-hydrogen) atoms. The van der Waals surface area contributed by atoms with E-state index in [0.29, 0.717) is 5.88 Å². The predicted octanol–water partition coefficient (Wildman–Crippen LogP) is 2.55. The van der Waals surface area contributed by atoms with Gasteiger partial charge in [0.05, 0.1) is 0 Å². The van der Waals surface area contributed by atoms with Crippen molar-refractivity contribution in [2.75, 3.05) is 0 Å². The topological polar surface area (TPSA) is 12.9 Å². The summed E-state index contributed by atoms with van der Waals surface area (Å²) in [7, 11) is 0. The second kappa shape index (κ2) is 4.53. The highest BCUT2D eigenvalue weighted by molar-refractivity contribution is 6.17. The summed E-state index contributed by atoms with van der Waals surface area (Å²) >= 11 is 5.57. The Kier molecular flexibility index (Phi) is 4.41. The minimum atomic E-state index is 0. The highest BCUT2D eigenvalue weighted by Gasteiger charge is 1.88. The van der Waals surface area contributed by atoms with Gasteiger partial charge in [0.15, 0.2) is 0 Å². The normalized spacial score (nSPS) is 8.60. The highest BCUT2D eigenvalue weighted by atomic mass is 35.5. The zero-order valence-electron chi connectivity index (χ0n) is 5.67. The summed E-state index contributed by atoms with van der Waals surface area (Å²) < 4.78 is 0. The average Bonchev–Trinajstić information content (AvgIpc) is 1.88. The van der Waals surface area contributed by atoms with Crippen LogP contribution in [0.25, 0.3) is 0 Å². The predicted molar refractivity (Wildman–Crippen MR) is 45.8 cm³/mol. The maximum atomic E-state index is 5.57. The van der Waals surface area contributed by atoms with Crippen LogP contribution in [0.15, 0.2) is 18.3 Å². The Morgan fingerprint density at radius 3 is 2.70 bits per heavy atom. The van der Waals surface area contributed by atoms with E-state index in [-0.39, 0.29) is 12.4 Å². The molecule has 3 heteroatoms. The van der Waals surface area contributed by atoms with Gasteiger partial charge >= 0.3 is 0 Å². The number of aromatic nitrogens is 1. The SMILES string of the molecule is Cc1cc(CCl)ccn1.Cl. The summed E-state index contributed by atoms with van der Waals surface area (Å²) in [5, 5.41) is 0. The lowest BCUT2D eigenvalue weighted by Crippen LogP contribution is -1.82. The van der Waals surface area contributed by atoms with Crippen molar-refractivity contribution in [1.29, 1.82) is 0 Å². The van der Waals surface area contributed by atoms with Crippen LogP contribution in [0, 0.1) is 6.92 Å². The van der Waals surface area contributed by atoms with Gasteiger partial charge in [-0.25, -0.2) is 0 Å². The number of hydrogen-bond donors (Lipinski definition) is 0. The molecule has 1 nitrogen and oxygen atoms in total. The Bertz CT molecular complexity index is 201. The fourth-order valence-electron chi connectivity index (χ4n) is 0.687. The van der Waals surface area contributed by atoms with Crippen molar-refractivity contribution in [2.24, 2.45) is 0 Å². The molecule has 0 saturated carbocycles. The van der Waals surface area contributed by atoms with Gasteiger partial charge in [-0.15, -0.1) is 24.0 Å². The van der Waals surface area contributed by atoms with Gasteiger partial charge in [-0.3, -0.25) is 4.98 Å². The van der Waals surface area contributed by atoms with Gasteiger partial charge in [0.1, 0.15) is 0 Å². The Morgan fingerprint density at radius 1 is 1.60 bits per heavy atom. The average molecular weight is 178 g/mol. The number of alkyl halides is 1. The fraction of sp³-hybridized carbons (Fsp3) is 0.286. The van der Waals surface area contributed by atoms with Gasteiger partial charge in [-0.2, -0.15) is 0 Å². The van der Waals surface area contributed by atoms with Crippen molar-refractivity contribution >= 4 is 24.0 Å². The molecular formula is C7H9Cl2N. The van der Waals surface area contributed by atoms with E-state index in [1.54, 1.807) is 6.20 Å². The third-order valence-electron chi connectivity index (χ3n) is 1.12. The molecule has 1 aromatic rings. The van der Waals surface area contributed by atoms with E-state index in [1.807, 2.05) is 19.1 Å². The van der Waals surface area contributed by atoms with Crippen molar-refractivity contribution in [2.45, 2.75) is 12.8 Å². The van der Waals surface area contributed by atoms with Gasteiger partial charge in [-0.05, 0) is 24.6 Å². The first-order valence-corrected chi connectivity index (χ1v) is 3.34. The standard InChI is InChI=1S/C7H8ClN.ClH/c1-6-4-7(5-8)2-3-9-6;/h2-4H,5H2,1H3;1H. The van der Waals surface area contributed by atoms with Crippen LogP contribution >= 0.6 is 24.0 Å². The van der Waals surface area contributed by atoms with Crippen LogP contribution in [-0.4, -0.2) is 4.98 Å². The molecule has 1 rings (SSSR count). The summed E-state index contributed by atoms with van der Waals surface area (Å²) in [6.07, 6.45) is 1.77. The molecule has 0 aromatic carbocycles. The number of rotatable bonds is 1. The van der Waals surface area contributed by atoms with Crippen LogP contribution in [0.1, 0.15) is 11.3 Å². The molecule has 0 saturated heterocycles. The van der Waals surface area contributed by atoms with E-state index in [4.69, 9.17) is 11.6 Å². The zero-order chi connectivity index (χ0) is 6.69. The van der Waals surface area contributed by atoms with Gasteiger partial charge < -0.3 is 0 Å². The molecule has 0 bridgehead atoms. The lowest BCUT2D eigenvalue weighted by molar-refractivity contribution is 1.17. The van der Waals surface area contributed by atoms with Crippen LogP contribution < -0.4 is 0 Å². The highest BCUT2D eigenvalue weighted by Crippen LogP contribution is 2.02. The molecule has 0 amide bonds. The van der Waals surface area contributed by atoms with E-state index < -0.39 is 0 Å². The van der Waals surface area contributed by atoms with E-state index in [9.17, 15) is 0 Å². The summed E-state index contributed by atoms with van der Waals surface area (Å²) in [6.45, 7) is 1.95. The van der Waals surface area contributed by atoms with Crippen LogP contribution in [0.2, 0.25) is 0 Å². The number of halogens is 2. The quantitative estimate of drug-likeness (QED) is 0.602. The molecule has 1 aromatic heterocycles. The molecular weight excluding hydrogens is 169 g/mol. The van der Waals surface area contributed by atoms with E-state index in [2.05, 4.69) is 4.98 Å². The smallest absolute Gasteiger partial charge is 0.0475 e. The number of hydrogen-bond acceptors (Lipinski definition) is 1. The summed E-state index contributed by atoms with van der Waals surface area (Å²) in [4.78, 5) is 4.03. The molecule has 56 valence electrons. The second-order valence-corrected chi connectivity index (χ2v) is 2.21. The van der Waals surface area contributed by atoms with Crippen molar-refractivity contribution in [1.82, 2.24) is 4.98 Å². The van der Waals surface area contributed by atoms with Crippen LogP contribution in [-0.2, 0) is 5.88 Å². The van der Waals surface area contributed by atoms with Gasteiger partial charge in [0.2, 0.25) is 0 Å². The first-order valence-electron chi connectivity index (χ1n) is 2.80. The number of nitrogens with zero attached hydrogens (tertiary/aromatic N) is 1. The maximum Gasteiger partial charge on any atom is 0.0475 e. The van der Waals surface area contributed by atoms with Crippen LogP contribution in [0.3, 0.4) is 0 Å². The molecule has 0 unspecified atom stereocenters. The summed E-state index contributed by atoms with van der Waals surface area (Å²) in [5.74, 6) is 0.573. The van der Waals surface area contributed by atoms with Crippen molar-refractivity contribution in [3.63, 3.8) is 0 Å². The molecule has 1 heterocycles. The van der Waals surface area contributed by atoms with E-state index in [0.717, 1.165) is 11.3 Å². The Balaban J connectivity index is 0.000000810. The molecule has 0 fully saturated rings. The summed E-state index contributed by atoms with van der Waals surface area (Å²) in [6, 6.07) is 3.90. The lowest BCUT2D eigenvalue weighted by atomic mass is 10.2. The molecule has 0 radical (unpaired) electrons. The monoisotopic (exact) mass is 177 g/mol. The molecule has 0 atom stereocenters. The van der Waals surface area contributed by atoms with Crippen molar-refractivity contribution in [3.8, 4) is 0 Å². The molecule has 0 aliphatic carbocycles. The third-order valence-corrected chi connectivity index (χ3v) is 1.42. The second-order valence-electron chi connectivity index (χ2n) is 1.94. The Hall–Kier alpha value is -0.270. The third kappa shape index (κ3) is 2.54. The molecule has 0 aliphatic heterocycles.